The Hall–Kier alpha value is -4.17. The van der Waals surface area contributed by atoms with E-state index in [0.29, 0.717) is 22.7 Å². The summed E-state index contributed by atoms with van der Waals surface area (Å²) < 4.78 is 5.43. The second-order valence-electron chi connectivity index (χ2n) is 9.24. The SMILES string of the molecule is COc1ccc(C(C)(C)C)cc1NC(=O)Nc1ccc(-c2cnc(Cl)c([N+](=O)[O-])c2)c2ccccc12. The first-order chi connectivity index (χ1) is 17.1. The Morgan fingerprint density at radius 3 is 2.36 bits per heavy atom. The van der Waals surface area contributed by atoms with Crippen molar-refractivity contribution < 1.29 is 14.5 Å². The van der Waals surface area contributed by atoms with Crippen molar-refractivity contribution in [2.24, 2.45) is 0 Å². The first kappa shape index (κ1) is 24.9. The number of fused-ring (bicyclic) bond motifs is 1. The van der Waals surface area contributed by atoms with Crippen molar-refractivity contribution in [3.8, 4) is 16.9 Å². The van der Waals surface area contributed by atoms with Gasteiger partial charge in [0, 0.05) is 23.2 Å². The van der Waals surface area contributed by atoms with E-state index in [9.17, 15) is 14.9 Å². The summed E-state index contributed by atoms with van der Waals surface area (Å²) in [5.74, 6) is 0.551. The molecule has 9 heteroatoms. The molecule has 184 valence electrons. The van der Waals surface area contributed by atoms with Gasteiger partial charge < -0.3 is 15.4 Å². The Bertz CT molecular complexity index is 1480. The minimum atomic E-state index is -0.565. The predicted molar refractivity (Wildman–Crippen MR) is 143 cm³/mol. The summed E-state index contributed by atoms with van der Waals surface area (Å²) in [5.41, 5.74) is 3.09. The molecule has 0 unspecified atom stereocenters. The number of urea groups is 1. The summed E-state index contributed by atoms with van der Waals surface area (Å²) in [4.78, 5) is 27.7. The standard InChI is InChI=1S/C27H25ClN4O4/c1-27(2,3)17-9-12-24(36-4)22(14-17)31-26(33)30-21-11-10-18(19-7-5-6-8-20(19)21)16-13-23(32(34)35)25(28)29-15-16/h5-15H,1-4H3,(H2,30,31,33). The van der Waals surface area contributed by atoms with Crippen molar-refractivity contribution in [2.75, 3.05) is 17.7 Å². The third-order valence-electron chi connectivity index (χ3n) is 5.81. The molecule has 1 heterocycles. The molecule has 0 aliphatic heterocycles. The Kier molecular flexibility index (Phi) is 6.81. The molecule has 2 N–H and O–H groups in total. The first-order valence-corrected chi connectivity index (χ1v) is 11.5. The number of methoxy groups -OCH3 is 1. The van der Waals surface area contributed by atoms with Crippen LogP contribution in [0.2, 0.25) is 5.15 Å². The zero-order valence-electron chi connectivity index (χ0n) is 20.3. The maximum atomic E-state index is 13.0. The quantitative estimate of drug-likeness (QED) is 0.167. The molecular formula is C27H25ClN4O4. The van der Waals surface area contributed by atoms with E-state index < -0.39 is 11.0 Å². The Morgan fingerprint density at radius 2 is 1.69 bits per heavy atom. The molecule has 8 nitrogen and oxygen atoms in total. The lowest BCUT2D eigenvalue weighted by Gasteiger charge is -2.21. The fourth-order valence-electron chi connectivity index (χ4n) is 3.92. The van der Waals surface area contributed by atoms with Crippen molar-refractivity contribution in [2.45, 2.75) is 26.2 Å². The number of amides is 2. The Morgan fingerprint density at radius 1 is 1.00 bits per heavy atom. The molecule has 4 rings (SSSR count). The number of ether oxygens (including phenoxy) is 1. The lowest BCUT2D eigenvalue weighted by atomic mass is 9.87. The van der Waals surface area contributed by atoms with Crippen molar-refractivity contribution in [3.05, 3.63) is 87.7 Å². The van der Waals surface area contributed by atoms with E-state index in [-0.39, 0.29) is 16.3 Å². The Balaban J connectivity index is 1.68. The molecule has 2 amide bonds. The van der Waals surface area contributed by atoms with E-state index in [4.69, 9.17) is 16.3 Å². The number of rotatable bonds is 5. The smallest absolute Gasteiger partial charge is 0.323 e. The van der Waals surface area contributed by atoms with Crippen LogP contribution in [0.5, 0.6) is 5.75 Å². The normalized spacial score (nSPS) is 11.2. The summed E-state index contributed by atoms with van der Waals surface area (Å²) >= 11 is 5.89. The van der Waals surface area contributed by atoms with Crippen LogP contribution in [0.1, 0.15) is 26.3 Å². The zero-order valence-corrected chi connectivity index (χ0v) is 21.0. The molecule has 0 saturated heterocycles. The van der Waals surface area contributed by atoms with Crippen LogP contribution in [-0.4, -0.2) is 23.0 Å². The van der Waals surface area contributed by atoms with Crippen LogP contribution in [0.15, 0.2) is 66.9 Å². The van der Waals surface area contributed by atoms with E-state index in [1.54, 1.807) is 19.2 Å². The number of carbonyl (C=O) groups is 1. The van der Waals surface area contributed by atoms with Crippen LogP contribution < -0.4 is 15.4 Å². The predicted octanol–water partition coefficient (Wildman–Crippen LogP) is 7.41. The number of anilines is 2. The van der Waals surface area contributed by atoms with Crippen molar-refractivity contribution in [1.29, 1.82) is 0 Å². The summed E-state index contributed by atoms with van der Waals surface area (Å²) in [7, 11) is 1.55. The lowest BCUT2D eigenvalue weighted by Crippen LogP contribution is -2.21. The number of nitro groups is 1. The number of nitrogens with one attached hydrogen (secondary N) is 2. The number of nitrogens with zero attached hydrogens (tertiary/aromatic N) is 2. The van der Waals surface area contributed by atoms with E-state index in [2.05, 4.69) is 36.4 Å². The van der Waals surface area contributed by atoms with Gasteiger partial charge in [-0.2, -0.15) is 0 Å². The van der Waals surface area contributed by atoms with Crippen LogP contribution in [-0.2, 0) is 5.41 Å². The van der Waals surface area contributed by atoms with Gasteiger partial charge in [-0.25, -0.2) is 9.78 Å². The van der Waals surface area contributed by atoms with Crippen molar-refractivity contribution in [3.63, 3.8) is 0 Å². The summed E-state index contributed by atoms with van der Waals surface area (Å²) in [6, 6.07) is 17.7. The summed E-state index contributed by atoms with van der Waals surface area (Å²) in [6.07, 6.45) is 1.49. The third kappa shape index (κ3) is 5.08. The van der Waals surface area contributed by atoms with E-state index in [1.807, 2.05) is 42.5 Å². The maximum absolute atomic E-state index is 13.0. The molecule has 1 aromatic heterocycles. The second-order valence-corrected chi connectivity index (χ2v) is 9.60. The minimum Gasteiger partial charge on any atom is -0.495 e. The topological polar surface area (TPSA) is 106 Å². The number of aromatic nitrogens is 1. The molecule has 4 aromatic rings. The Labute approximate surface area is 213 Å². The van der Waals surface area contributed by atoms with Crippen molar-refractivity contribution >= 4 is 45.5 Å². The molecule has 0 spiro atoms. The molecule has 0 atom stereocenters. The highest BCUT2D eigenvalue weighted by atomic mass is 35.5. The van der Waals surface area contributed by atoms with Crippen molar-refractivity contribution in [1.82, 2.24) is 4.98 Å². The highest BCUT2D eigenvalue weighted by molar-refractivity contribution is 6.31. The fraction of sp³-hybridized carbons (Fsp3) is 0.185. The van der Waals surface area contributed by atoms with Gasteiger partial charge in [-0.05, 0) is 40.1 Å². The summed E-state index contributed by atoms with van der Waals surface area (Å²) in [6.45, 7) is 6.28. The number of pyridine rings is 1. The van der Waals surface area contributed by atoms with Gasteiger partial charge in [0.25, 0.3) is 0 Å². The molecular weight excluding hydrogens is 480 g/mol. The molecule has 0 fully saturated rings. The second kappa shape index (κ2) is 9.83. The van der Waals surface area contributed by atoms with Crippen LogP contribution in [0.3, 0.4) is 0 Å². The largest absolute Gasteiger partial charge is 0.495 e. The fourth-order valence-corrected chi connectivity index (χ4v) is 4.09. The van der Waals surface area contributed by atoms with Gasteiger partial charge in [-0.15, -0.1) is 0 Å². The highest BCUT2D eigenvalue weighted by Gasteiger charge is 2.19. The molecule has 0 saturated carbocycles. The number of hydrogen-bond donors (Lipinski definition) is 2. The van der Waals surface area contributed by atoms with E-state index in [1.165, 1.54) is 12.3 Å². The number of hydrogen-bond acceptors (Lipinski definition) is 5. The highest BCUT2D eigenvalue weighted by Crippen LogP contribution is 2.36. The van der Waals surface area contributed by atoms with Gasteiger partial charge >= 0.3 is 11.7 Å². The monoisotopic (exact) mass is 504 g/mol. The minimum absolute atomic E-state index is 0.100. The molecule has 0 bridgehead atoms. The van der Waals surface area contributed by atoms with Gasteiger partial charge in [0.2, 0.25) is 5.15 Å². The molecule has 36 heavy (non-hydrogen) atoms. The van der Waals surface area contributed by atoms with Gasteiger partial charge in [0.05, 0.1) is 23.4 Å². The van der Waals surface area contributed by atoms with E-state index in [0.717, 1.165) is 21.9 Å². The van der Waals surface area contributed by atoms with Crippen LogP contribution in [0.25, 0.3) is 21.9 Å². The molecule has 3 aromatic carbocycles. The third-order valence-corrected chi connectivity index (χ3v) is 6.11. The molecule has 0 aliphatic rings. The molecule has 0 radical (unpaired) electrons. The van der Waals surface area contributed by atoms with E-state index >= 15 is 0 Å². The number of halogens is 1. The van der Waals surface area contributed by atoms with Crippen LogP contribution in [0, 0.1) is 10.1 Å². The van der Waals surface area contributed by atoms with Gasteiger partial charge in [0.15, 0.2) is 0 Å². The van der Waals surface area contributed by atoms with Gasteiger partial charge in [0.1, 0.15) is 5.75 Å². The average Bonchev–Trinajstić information content (AvgIpc) is 2.84. The van der Waals surface area contributed by atoms with Gasteiger partial charge in [-0.3, -0.25) is 10.1 Å². The number of carbonyl (C=O) groups excluding carboxylic acids is 1. The van der Waals surface area contributed by atoms with Crippen LogP contribution >= 0.6 is 11.6 Å². The molecule has 0 aliphatic carbocycles. The van der Waals surface area contributed by atoms with Crippen LogP contribution in [0.4, 0.5) is 21.9 Å². The first-order valence-electron chi connectivity index (χ1n) is 11.2. The zero-order chi connectivity index (χ0) is 26.0. The summed E-state index contributed by atoms with van der Waals surface area (Å²) in [5, 5.41) is 18.5. The lowest BCUT2D eigenvalue weighted by molar-refractivity contribution is -0.385. The number of benzene rings is 3. The average molecular weight is 505 g/mol. The maximum Gasteiger partial charge on any atom is 0.323 e. The van der Waals surface area contributed by atoms with Gasteiger partial charge in [-0.1, -0.05) is 68.8 Å².